The van der Waals surface area contributed by atoms with Crippen molar-refractivity contribution in [2.75, 3.05) is 0 Å². The fourth-order valence-corrected chi connectivity index (χ4v) is 2.81. The molecule has 0 aromatic carbocycles. The third-order valence-electron chi connectivity index (χ3n) is 3.62. The Hall–Kier alpha value is -0.120. The molecule has 0 unspecified atom stereocenters. The van der Waals surface area contributed by atoms with E-state index in [2.05, 4.69) is 0 Å². The van der Waals surface area contributed by atoms with Gasteiger partial charge in [0.2, 0.25) is 0 Å². The Balaban J connectivity index is 2.39. The van der Waals surface area contributed by atoms with Crippen molar-refractivity contribution in [3.8, 4) is 0 Å². The van der Waals surface area contributed by atoms with E-state index in [-0.39, 0.29) is 17.8 Å². The van der Waals surface area contributed by atoms with Crippen molar-refractivity contribution in [3.63, 3.8) is 0 Å². The van der Waals surface area contributed by atoms with Crippen molar-refractivity contribution >= 4 is 0 Å². The highest BCUT2D eigenvalue weighted by molar-refractivity contribution is 5.15. The Labute approximate surface area is 79.0 Å². The minimum Gasteiger partial charge on any atom is -0.387 e. The number of rotatable bonds is 1. The molecule has 0 aromatic rings. The summed E-state index contributed by atoms with van der Waals surface area (Å²) in [7, 11) is 0. The fourth-order valence-electron chi connectivity index (χ4n) is 2.81. The lowest BCUT2D eigenvalue weighted by molar-refractivity contribution is -0.223. The standard InChI is InChI=1S/C10H18O3/c1-5-10-8(11)7(6(2)12-10)13-9(10,3)4/h6-8,11H,5H2,1-4H3/t6-,7-,8-,10+/m0/s1. The highest BCUT2D eigenvalue weighted by atomic mass is 16.7. The van der Waals surface area contributed by atoms with Crippen molar-refractivity contribution in [1.82, 2.24) is 0 Å². The quantitative estimate of drug-likeness (QED) is 0.666. The molecular weight excluding hydrogens is 168 g/mol. The van der Waals surface area contributed by atoms with Crippen molar-refractivity contribution in [2.45, 2.75) is 63.6 Å². The van der Waals surface area contributed by atoms with E-state index in [1.807, 2.05) is 27.7 Å². The molecule has 1 N–H and O–H groups in total. The SMILES string of the molecule is CC[C@]12O[C@@H](C)[C@H](OC1(C)C)[C@@H]2O. The molecule has 2 saturated heterocycles. The summed E-state index contributed by atoms with van der Waals surface area (Å²) in [6, 6.07) is 0. The molecule has 3 heteroatoms. The Morgan fingerprint density at radius 1 is 1.31 bits per heavy atom. The maximum absolute atomic E-state index is 10.0. The normalized spacial score (nSPS) is 52.8. The van der Waals surface area contributed by atoms with Gasteiger partial charge in [-0.15, -0.1) is 0 Å². The summed E-state index contributed by atoms with van der Waals surface area (Å²) in [5, 5.41) is 10.0. The summed E-state index contributed by atoms with van der Waals surface area (Å²) in [6.45, 7) is 7.98. The van der Waals surface area contributed by atoms with Gasteiger partial charge < -0.3 is 14.6 Å². The van der Waals surface area contributed by atoms with Crippen LogP contribution in [0.3, 0.4) is 0 Å². The second-order valence-electron chi connectivity index (χ2n) is 4.60. The van der Waals surface area contributed by atoms with Gasteiger partial charge in [0.15, 0.2) is 0 Å². The van der Waals surface area contributed by atoms with Gasteiger partial charge >= 0.3 is 0 Å². The van der Waals surface area contributed by atoms with Crippen molar-refractivity contribution < 1.29 is 14.6 Å². The van der Waals surface area contributed by atoms with Crippen LogP contribution >= 0.6 is 0 Å². The molecule has 13 heavy (non-hydrogen) atoms. The minimum absolute atomic E-state index is 0.0166. The first-order chi connectivity index (χ1) is 5.94. The average Bonchev–Trinajstić information content (AvgIpc) is 2.38. The molecule has 2 aliphatic rings. The molecule has 2 aliphatic heterocycles. The molecule has 0 spiro atoms. The lowest BCUT2D eigenvalue weighted by Crippen LogP contribution is -2.53. The topological polar surface area (TPSA) is 38.7 Å². The predicted molar refractivity (Wildman–Crippen MR) is 48.5 cm³/mol. The van der Waals surface area contributed by atoms with E-state index in [1.54, 1.807) is 0 Å². The first-order valence-corrected chi connectivity index (χ1v) is 4.98. The van der Waals surface area contributed by atoms with Crippen LogP contribution in [0.4, 0.5) is 0 Å². The van der Waals surface area contributed by atoms with Gasteiger partial charge in [-0.05, 0) is 27.2 Å². The van der Waals surface area contributed by atoms with Gasteiger partial charge in [0.05, 0.1) is 11.7 Å². The lowest BCUT2D eigenvalue weighted by atomic mass is 9.81. The summed E-state index contributed by atoms with van der Waals surface area (Å²) in [6.07, 6.45) is 0.197. The first kappa shape index (κ1) is 9.44. The van der Waals surface area contributed by atoms with E-state index in [1.165, 1.54) is 0 Å². The maximum Gasteiger partial charge on any atom is 0.125 e. The van der Waals surface area contributed by atoms with Crippen molar-refractivity contribution in [1.29, 1.82) is 0 Å². The van der Waals surface area contributed by atoms with E-state index >= 15 is 0 Å². The van der Waals surface area contributed by atoms with Gasteiger partial charge in [-0.25, -0.2) is 0 Å². The highest BCUT2D eigenvalue weighted by Gasteiger charge is 2.67. The van der Waals surface area contributed by atoms with Crippen molar-refractivity contribution in [3.05, 3.63) is 0 Å². The van der Waals surface area contributed by atoms with Crippen LogP contribution in [-0.2, 0) is 9.47 Å². The molecule has 2 fully saturated rings. The Morgan fingerprint density at radius 3 is 2.23 bits per heavy atom. The van der Waals surface area contributed by atoms with Crippen LogP contribution in [0, 0.1) is 0 Å². The van der Waals surface area contributed by atoms with Gasteiger partial charge in [-0.1, -0.05) is 6.92 Å². The molecular formula is C10H18O3. The number of hydrogen-bond acceptors (Lipinski definition) is 3. The number of hydrogen-bond donors (Lipinski definition) is 1. The zero-order valence-corrected chi connectivity index (χ0v) is 8.70. The van der Waals surface area contributed by atoms with Crippen LogP contribution in [0.25, 0.3) is 0 Å². The molecule has 3 nitrogen and oxygen atoms in total. The number of aliphatic hydroxyl groups excluding tert-OH is 1. The van der Waals surface area contributed by atoms with Gasteiger partial charge in [0.1, 0.15) is 17.8 Å². The Bertz CT molecular complexity index is 226. The van der Waals surface area contributed by atoms with Crippen molar-refractivity contribution in [2.24, 2.45) is 0 Å². The third-order valence-corrected chi connectivity index (χ3v) is 3.62. The number of ether oxygens (including phenoxy) is 2. The smallest absolute Gasteiger partial charge is 0.125 e. The molecule has 4 atom stereocenters. The molecule has 2 bridgehead atoms. The lowest BCUT2D eigenvalue weighted by Gasteiger charge is -2.42. The van der Waals surface area contributed by atoms with Crippen LogP contribution < -0.4 is 0 Å². The summed E-state index contributed by atoms with van der Waals surface area (Å²) in [5.74, 6) is 0. The summed E-state index contributed by atoms with van der Waals surface area (Å²) in [4.78, 5) is 0. The Morgan fingerprint density at radius 2 is 1.92 bits per heavy atom. The monoisotopic (exact) mass is 186 g/mol. The third kappa shape index (κ3) is 0.901. The van der Waals surface area contributed by atoms with Crippen LogP contribution in [0.2, 0.25) is 0 Å². The van der Waals surface area contributed by atoms with E-state index < -0.39 is 11.7 Å². The van der Waals surface area contributed by atoms with Crippen LogP contribution in [0.15, 0.2) is 0 Å². The van der Waals surface area contributed by atoms with E-state index in [9.17, 15) is 5.11 Å². The zero-order valence-electron chi connectivity index (χ0n) is 8.70. The molecule has 76 valence electrons. The largest absolute Gasteiger partial charge is 0.387 e. The molecule has 2 heterocycles. The second kappa shape index (κ2) is 2.47. The molecule has 0 radical (unpaired) electrons. The molecule has 0 amide bonds. The number of aliphatic hydroxyl groups is 1. The molecule has 0 saturated carbocycles. The van der Waals surface area contributed by atoms with Crippen LogP contribution in [0.1, 0.15) is 34.1 Å². The minimum atomic E-state index is -0.489. The maximum atomic E-state index is 10.0. The molecule has 2 rings (SSSR count). The Kier molecular flexibility index (Phi) is 1.79. The van der Waals surface area contributed by atoms with Gasteiger partial charge in [-0.3, -0.25) is 0 Å². The summed E-state index contributed by atoms with van der Waals surface area (Å²) < 4.78 is 11.6. The van der Waals surface area contributed by atoms with Gasteiger partial charge in [0.25, 0.3) is 0 Å². The summed E-state index contributed by atoms with van der Waals surface area (Å²) >= 11 is 0. The molecule has 0 aliphatic carbocycles. The highest BCUT2D eigenvalue weighted by Crippen LogP contribution is 2.51. The van der Waals surface area contributed by atoms with E-state index in [4.69, 9.17) is 9.47 Å². The number of fused-ring (bicyclic) bond motifs is 2. The van der Waals surface area contributed by atoms with Gasteiger partial charge in [0, 0.05) is 0 Å². The predicted octanol–water partition coefficient (Wildman–Crippen LogP) is 1.09. The van der Waals surface area contributed by atoms with E-state index in [0.717, 1.165) is 6.42 Å². The van der Waals surface area contributed by atoms with Crippen LogP contribution in [-0.4, -0.2) is 34.6 Å². The summed E-state index contributed by atoms with van der Waals surface area (Å²) in [5.41, 5.74) is -0.852. The van der Waals surface area contributed by atoms with Gasteiger partial charge in [-0.2, -0.15) is 0 Å². The van der Waals surface area contributed by atoms with Crippen LogP contribution in [0.5, 0.6) is 0 Å². The second-order valence-corrected chi connectivity index (χ2v) is 4.60. The first-order valence-electron chi connectivity index (χ1n) is 4.98. The molecule has 0 aromatic heterocycles. The zero-order chi connectivity index (χ0) is 9.85. The van der Waals surface area contributed by atoms with E-state index in [0.29, 0.717) is 0 Å². The average molecular weight is 186 g/mol. The fraction of sp³-hybridized carbons (Fsp3) is 1.00.